The number of aromatic nitrogens is 2. The van der Waals surface area contributed by atoms with Crippen molar-refractivity contribution < 1.29 is 13.6 Å². The fourth-order valence-corrected chi connectivity index (χ4v) is 6.00. The van der Waals surface area contributed by atoms with Crippen LogP contribution in [0.1, 0.15) is 62.5 Å². The number of benzene rings is 1. The number of aryl methyl sites for hydroxylation is 2. The van der Waals surface area contributed by atoms with Gasteiger partial charge in [-0.25, -0.2) is 13.6 Å². The zero-order valence-corrected chi connectivity index (χ0v) is 22.2. The molecule has 1 aromatic heterocycles. The number of hydrogen-bond acceptors (Lipinski definition) is 4. The van der Waals surface area contributed by atoms with Gasteiger partial charge in [-0.15, -0.1) is 0 Å². The summed E-state index contributed by atoms with van der Waals surface area (Å²) in [5.74, 6) is 0.284. The van der Waals surface area contributed by atoms with Gasteiger partial charge in [-0.1, -0.05) is 19.3 Å². The first-order chi connectivity index (χ1) is 18.4. The van der Waals surface area contributed by atoms with Crippen LogP contribution in [0.25, 0.3) is 11.1 Å². The van der Waals surface area contributed by atoms with E-state index in [0.717, 1.165) is 42.5 Å². The molecule has 0 atom stereocenters. The lowest BCUT2D eigenvalue weighted by Crippen LogP contribution is -2.48. The summed E-state index contributed by atoms with van der Waals surface area (Å²) in [6.45, 7) is 1.46. The minimum Gasteiger partial charge on any atom is -0.385 e. The van der Waals surface area contributed by atoms with Crippen molar-refractivity contribution in [1.82, 2.24) is 25.3 Å². The third-order valence-electron chi connectivity index (χ3n) is 8.01. The zero-order valence-electron chi connectivity index (χ0n) is 22.2. The van der Waals surface area contributed by atoms with E-state index >= 15 is 0 Å². The van der Waals surface area contributed by atoms with Crippen molar-refractivity contribution in [3.63, 3.8) is 0 Å². The maximum Gasteiger partial charge on any atom is 0.317 e. The highest BCUT2D eigenvalue weighted by Gasteiger charge is 2.32. The van der Waals surface area contributed by atoms with Gasteiger partial charge in [0.05, 0.1) is 12.7 Å². The van der Waals surface area contributed by atoms with Crippen molar-refractivity contribution in [3.8, 4) is 11.1 Å². The van der Waals surface area contributed by atoms with Crippen molar-refractivity contribution in [2.45, 2.75) is 63.8 Å². The van der Waals surface area contributed by atoms with Crippen molar-refractivity contribution >= 4 is 17.6 Å². The Morgan fingerprint density at radius 1 is 1.13 bits per heavy atom. The first-order valence-corrected chi connectivity index (χ1v) is 13.6. The van der Waals surface area contributed by atoms with Gasteiger partial charge in [0.15, 0.2) is 0 Å². The van der Waals surface area contributed by atoms with E-state index < -0.39 is 6.43 Å². The van der Waals surface area contributed by atoms with Crippen LogP contribution in [0.5, 0.6) is 0 Å². The fraction of sp³-hybridized carbons (Fsp3) is 0.536. The van der Waals surface area contributed by atoms with E-state index in [1.807, 2.05) is 11.0 Å². The Morgan fingerprint density at radius 3 is 2.61 bits per heavy atom. The molecular weight excluding hydrogens is 488 g/mol. The van der Waals surface area contributed by atoms with Gasteiger partial charge in [0, 0.05) is 73.9 Å². The van der Waals surface area contributed by atoms with Crippen molar-refractivity contribution in [1.29, 1.82) is 5.41 Å². The number of hydrogen-bond donors (Lipinski definition) is 3. The molecule has 0 radical (unpaired) electrons. The average Bonchev–Trinajstić information content (AvgIpc) is 3.38. The molecule has 0 saturated heterocycles. The Bertz CT molecular complexity index is 1230. The van der Waals surface area contributed by atoms with Crippen LogP contribution in [-0.2, 0) is 13.5 Å². The second-order valence-electron chi connectivity index (χ2n) is 10.5. The van der Waals surface area contributed by atoms with Gasteiger partial charge in [0.25, 0.3) is 6.43 Å². The highest BCUT2D eigenvalue weighted by molar-refractivity contribution is 6.09. The minimum atomic E-state index is -2.66. The van der Waals surface area contributed by atoms with Gasteiger partial charge < -0.3 is 20.4 Å². The molecule has 0 bridgehead atoms. The number of nitrogens with zero attached hydrogens (tertiary/aromatic N) is 4. The molecule has 5 rings (SSSR count). The zero-order chi connectivity index (χ0) is 26.8. The number of rotatable bonds is 5. The van der Waals surface area contributed by atoms with Crippen LogP contribution < -0.4 is 15.5 Å². The predicted molar refractivity (Wildman–Crippen MR) is 145 cm³/mol. The van der Waals surface area contributed by atoms with Gasteiger partial charge in [0.1, 0.15) is 5.84 Å². The fourth-order valence-electron chi connectivity index (χ4n) is 6.00. The van der Waals surface area contributed by atoms with E-state index in [4.69, 9.17) is 0 Å². The Morgan fingerprint density at radius 2 is 1.92 bits per heavy atom. The third-order valence-corrected chi connectivity index (χ3v) is 8.01. The summed E-state index contributed by atoms with van der Waals surface area (Å²) in [7, 11) is 3.38. The molecule has 10 heteroatoms. The Labute approximate surface area is 222 Å². The summed E-state index contributed by atoms with van der Waals surface area (Å²) in [6.07, 6.45) is 8.76. The number of fused-ring (bicyclic) bond motifs is 1. The Kier molecular flexibility index (Phi) is 7.67. The number of amidine groups is 1. The van der Waals surface area contributed by atoms with E-state index in [1.54, 1.807) is 42.1 Å². The number of urea groups is 1. The molecule has 1 aliphatic carbocycles. The van der Waals surface area contributed by atoms with Crippen LogP contribution in [0, 0.1) is 5.41 Å². The van der Waals surface area contributed by atoms with E-state index in [1.165, 1.54) is 19.3 Å². The molecule has 38 heavy (non-hydrogen) atoms. The first-order valence-electron chi connectivity index (χ1n) is 13.6. The van der Waals surface area contributed by atoms with Crippen molar-refractivity contribution in [2.75, 3.05) is 31.6 Å². The second-order valence-corrected chi connectivity index (χ2v) is 10.5. The molecule has 2 aliphatic heterocycles. The normalized spacial score (nSPS) is 18.6. The number of carbonyl (C=O) groups is 1. The summed E-state index contributed by atoms with van der Waals surface area (Å²) in [6, 6.07) is 3.60. The quantitative estimate of drug-likeness (QED) is 0.380. The predicted octanol–water partition coefficient (Wildman–Crippen LogP) is 4.98. The molecule has 3 N–H and O–H groups in total. The number of alkyl halides is 2. The lowest BCUT2D eigenvalue weighted by Gasteiger charge is -2.38. The number of halogens is 2. The standard InChI is InChI=1S/C28H37F2N7O/c1-32-28(38)36-12-10-24(34-20-8-4-3-5-9-20)23(17-36)27(31)37-11-6-7-18-13-21(19-15-33-35(2)16-19)22(26(29)30)14-25(18)37/h13-16,20,26,31,34H,3-12,17H2,1-2H3,(H,32,38). The monoisotopic (exact) mass is 525 g/mol. The van der Waals surface area contributed by atoms with Crippen molar-refractivity contribution in [3.05, 3.63) is 46.9 Å². The van der Waals surface area contributed by atoms with Gasteiger partial charge in [-0.3, -0.25) is 10.1 Å². The Balaban J connectivity index is 1.51. The number of nitrogens with one attached hydrogen (secondary N) is 3. The largest absolute Gasteiger partial charge is 0.385 e. The van der Waals surface area contributed by atoms with Gasteiger partial charge in [-0.05, 0) is 48.9 Å². The smallest absolute Gasteiger partial charge is 0.317 e. The Hall–Kier alpha value is -3.43. The molecule has 1 aromatic carbocycles. The lowest BCUT2D eigenvalue weighted by molar-refractivity contribution is 0.152. The highest BCUT2D eigenvalue weighted by Crippen LogP contribution is 2.39. The molecule has 8 nitrogen and oxygen atoms in total. The van der Waals surface area contributed by atoms with Gasteiger partial charge >= 0.3 is 6.03 Å². The third kappa shape index (κ3) is 5.26. The van der Waals surface area contributed by atoms with E-state index in [-0.39, 0.29) is 17.4 Å². The topological polar surface area (TPSA) is 89.3 Å². The molecule has 0 spiro atoms. The minimum absolute atomic E-state index is 0.0541. The maximum atomic E-state index is 14.3. The van der Waals surface area contributed by atoms with Crippen LogP contribution in [0.3, 0.4) is 0 Å². The van der Waals surface area contributed by atoms with Crippen molar-refractivity contribution in [2.24, 2.45) is 7.05 Å². The molecule has 2 aromatic rings. The van der Waals surface area contributed by atoms with Gasteiger partial charge in [0.2, 0.25) is 0 Å². The van der Waals surface area contributed by atoms with E-state index in [0.29, 0.717) is 48.9 Å². The summed E-state index contributed by atoms with van der Waals surface area (Å²) in [5, 5.41) is 19.9. The average molecular weight is 526 g/mol. The van der Waals surface area contributed by atoms with E-state index in [2.05, 4.69) is 15.7 Å². The molecule has 2 amide bonds. The number of anilines is 1. The van der Waals surface area contributed by atoms with Gasteiger partial charge in [-0.2, -0.15) is 5.10 Å². The number of amides is 2. The summed E-state index contributed by atoms with van der Waals surface area (Å²) in [4.78, 5) is 16.1. The van der Waals surface area contributed by atoms with Crippen LogP contribution in [0.4, 0.5) is 19.3 Å². The SMILES string of the molecule is CNC(=O)N1CCC(NC2CCCCC2)=C(C(=N)N2CCCc3cc(-c4cnn(C)c4)c(C(F)F)cc32)C1. The second kappa shape index (κ2) is 11.1. The van der Waals surface area contributed by atoms with E-state index in [9.17, 15) is 19.0 Å². The lowest BCUT2D eigenvalue weighted by atomic mass is 9.91. The molecule has 3 aliphatic rings. The highest BCUT2D eigenvalue weighted by atomic mass is 19.3. The summed E-state index contributed by atoms with van der Waals surface area (Å²) in [5.41, 5.74) is 4.48. The van der Waals surface area contributed by atoms with Crippen LogP contribution >= 0.6 is 0 Å². The van der Waals surface area contributed by atoms with Crippen LogP contribution in [-0.4, -0.2) is 59.3 Å². The molecule has 3 heterocycles. The first kappa shape index (κ1) is 26.2. The molecule has 0 unspecified atom stereocenters. The number of carbonyl (C=O) groups excluding carboxylic acids is 1. The molecule has 1 saturated carbocycles. The van der Waals surface area contributed by atoms with Crippen LogP contribution in [0.2, 0.25) is 0 Å². The summed E-state index contributed by atoms with van der Waals surface area (Å²) >= 11 is 0. The van der Waals surface area contributed by atoms with Crippen LogP contribution in [0.15, 0.2) is 35.8 Å². The molecule has 1 fully saturated rings. The summed E-state index contributed by atoms with van der Waals surface area (Å²) < 4.78 is 30.2. The maximum absolute atomic E-state index is 14.3. The molecule has 204 valence electrons. The molecular formula is C28H37F2N7O.